The first-order chi connectivity index (χ1) is 8.29. The lowest BCUT2D eigenvalue weighted by Crippen LogP contribution is -2.11. The number of halogens is 1. The molecule has 0 aliphatic heterocycles. The van der Waals surface area contributed by atoms with E-state index in [2.05, 4.69) is 46.8 Å². The average Bonchev–Trinajstić information content (AvgIpc) is 2.27. The van der Waals surface area contributed by atoms with Crippen LogP contribution in [0.1, 0.15) is 51.7 Å². The van der Waals surface area contributed by atoms with Gasteiger partial charge in [-0.3, -0.25) is 0 Å². The molecule has 0 unspecified atom stereocenters. The predicted molar refractivity (Wildman–Crippen MR) is 76.7 cm³/mol. The minimum absolute atomic E-state index is 0.0221. The normalized spacial score (nSPS) is 12.4. The Hall–Kier alpha value is -1.37. The van der Waals surface area contributed by atoms with Gasteiger partial charge in [-0.1, -0.05) is 52.8 Å². The van der Waals surface area contributed by atoms with Crippen molar-refractivity contribution in [3.05, 3.63) is 47.3 Å². The van der Waals surface area contributed by atoms with Crippen LogP contribution in [0.25, 0.3) is 10.8 Å². The molecule has 0 bridgehead atoms. The number of hydrogen-bond acceptors (Lipinski definition) is 0. The molecule has 18 heavy (non-hydrogen) atoms. The minimum atomic E-state index is -0.111. The van der Waals surface area contributed by atoms with Crippen molar-refractivity contribution in [3.8, 4) is 0 Å². The van der Waals surface area contributed by atoms with Gasteiger partial charge in [0.25, 0.3) is 0 Å². The van der Waals surface area contributed by atoms with E-state index >= 15 is 0 Å². The molecule has 0 aliphatic rings. The Bertz CT molecular complexity index is 574. The fraction of sp³-hybridized carbons (Fsp3) is 0.412. The minimum Gasteiger partial charge on any atom is -0.206 e. The summed E-state index contributed by atoms with van der Waals surface area (Å²) >= 11 is 0. The Balaban J connectivity index is 2.66. The van der Waals surface area contributed by atoms with Crippen LogP contribution < -0.4 is 0 Å². The predicted octanol–water partition coefficient (Wildman–Crippen LogP) is 5.40. The third kappa shape index (κ3) is 2.40. The maximum absolute atomic E-state index is 14.2. The molecule has 0 heterocycles. The lowest BCUT2D eigenvalue weighted by Gasteiger charge is -2.20. The van der Waals surface area contributed by atoms with Gasteiger partial charge in [-0.25, -0.2) is 4.39 Å². The van der Waals surface area contributed by atoms with E-state index in [9.17, 15) is 4.39 Å². The molecule has 0 saturated heterocycles. The highest BCUT2D eigenvalue weighted by Crippen LogP contribution is 2.30. The summed E-state index contributed by atoms with van der Waals surface area (Å²) in [4.78, 5) is 0. The maximum Gasteiger partial charge on any atom is 0.131 e. The molecule has 1 heteroatoms. The van der Waals surface area contributed by atoms with Crippen LogP contribution in [0.3, 0.4) is 0 Å². The van der Waals surface area contributed by atoms with Crippen LogP contribution in [0.15, 0.2) is 30.3 Å². The zero-order valence-electron chi connectivity index (χ0n) is 11.8. The fourth-order valence-electron chi connectivity index (χ4n) is 2.12. The smallest absolute Gasteiger partial charge is 0.131 e. The topological polar surface area (TPSA) is 0 Å². The SMILES string of the molecule is CC(C)c1ccc2cc(C(C)(C)C)cc(F)c2c1. The standard InChI is InChI=1S/C17H21F/c1-11(2)12-6-7-13-8-14(17(3,4)5)10-16(18)15(13)9-12/h6-11H,1-5H3. The molecule has 0 atom stereocenters. The molecule has 0 aromatic heterocycles. The summed E-state index contributed by atoms with van der Waals surface area (Å²) in [5, 5.41) is 1.72. The van der Waals surface area contributed by atoms with E-state index in [0.717, 1.165) is 16.3 Å². The van der Waals surface area contributed by atoms with E-state index in [1.807, 2.05) is 12.1 Å². The molecule has 0 N–H and O–H groups in total. The number of rotatable bonds is 1. The third-order valence-electron chi connectivity index (χ3n) is 3.46. The highest BCUT2D eigenvalue weighted by molar-refractivity contribution is 5.84. The number of fused-ring (bicyclic) bond motifs is 1. The van der Waals surface area contributed by atoms with Gasteiger partial charge in [0.15, 0.2) is 0 Å². The molecule has 2 rings (SSSR count). The van der Waals surface area contributed by atoms with E-state index < -0.39 is 0 Å². The molecule has 2 aromatic rings. The summed E-state index contributed by atoms with van der Waals surface area (Å²) in [6.07, 6.45) is 0. The molecule has 0 aliphatic carbocycles. The van der Waals surface area contributed by atoms with Gasteiger partial charge in [0, 0.05) is 5.39 Å². The van der Waals surface area contributed by atoms with Crippen molar-refractivity contribution in [1.82, 2.24) is 0 Å². The van der Waals surface area contributed by atoms with E-state index in [1.54, 1.807) is 6.07 Å². The van der Waals surface area contributed by atoms with Crippen LogP contribution in [-0.4, -0.2) is 0 Å². The highest BCUT2D eigenvalue weighted by atomic mass is 19.1. The summed E-state index contributed by atoms with van der Waals surface area (Å²) in [6.45, 7) is 10.6. The second-order valence-electron chi connectivity index (χ2n) is 6.34. The van der Waals surface area contributed by atoms with Crippen LogP contribution in [-0.2, 0) is 5.41 Å². The second kappa shape index (κ2) is 4.38. The summed E-state index contributed by atoms with van der Waals surface area (Å²) in [5.74, 6) is 0.316. The molecular weight excluding hydrogens is 223 g/mol. The molecule has 0 amide bonds. The van der Waals surface area contributed by atoms with E-state index in [-0.39, 0.29) is 11.2 Å². The highest BCUT2D eigenvalue weighted by Gasteiger charge is 2.16. The Morgan fingerprint density at radius 2 is 1.67 bits per heavy atom. The Morgan fingerprint density at radius 1 is 1.00 bits per heavy atom. The van der Waals surface area contributed by atoms with Crippen LogP contribution in [0, 0.1) is 5.82 Å². The van der Waals surface area contributed by atoms with Gasteiger partial charge in [-0.15, -0.1) is 0 Å². The third-order valence-corrected chi connectivity index (χ3v) is 3.46. The molecule has 96 valence electrons. The van der Waals surface area contributed by atoms with Gasteiger partial charge in [0.2, 0.25) is 0 Å². The first-order valence-corrected chi connectivity index (χ1v) is 6.53. The van der Waals surface area contributed by atoms with Crippen molar-refractivity contribution in [1.29, 1.82) is 0 Å². The fourth-order valence-corrected chi connectivity index (χ4v) is 2.12. The van der Waals surface area contributed by atoms with Crippen molar-refractivity contribution in [2.75, 3.05) is 0 Å². The van der Waals surface area contributed by atoms with Crippen LogP contribution in [0.5, 0.6) is 0 Å². The van der Waals surface area contributed by atoms with E-state index in [1.165, 1.54) is 5.56 Å². The van der Waals surface area contributed by atoms with Gasteiger partial charge < -0.3 is 0 Å². The van der Waals surface area contributed by atoms with Gasteiger partial charge in [0.1, 0.15) is 5.82 Å². The monoisotopic (exact) mass is 244 g/mol. The summed E-state index contributed by atoms with van der Waals surface area (Å²) in [6, 6.07) is 9.87. The Morgan fingerprint density at radius 3 is 2.22 bits per heavy atom. The van der Waals surface area contributed by atoms with Gasteiger partial charge >= 0.3 is 0 Å². The lowest BCUT2D eigenvalue weighted by molar-refractivity contribution is 0.577. The van der Waals surface area contributed by atoms with Crippen molar-refractivity contribution >= 4 is 10.8 Å². The van der Waals surface area contributed by atoms with Crippen LogP contribution in [0.2, 0.25) is 0 Å². The molecule has 0 radical (unpaired) electrons. The first-order valence-electron chi connectivity index (χ1n) is 6.53. The molecule has 0 fully saturated rings. The molecule has 0 nitrogen and oxygen atoms in total. The zero-order chi connectivity index (χ0) is 13.5. The van der Waals surface area contributed by atoms with E-state index in [4.69, 9.17) is 0 Å². The number of benzene rings is 2. The maximum atomic E-state index is 14.2. The average molecular weight is 244 g/mol. The lowest BCUT2D eigenvalue weighted by atomic mass is 9.85. The van der Waals surface area contributed by atoms with Crippen molar-refractivity contribution in [2.45, 2.75) is 46.0 Å². The molecular formula is C17H21F. The Kier molecular flexibility index (Phi) is 3.18. The largest absolute Gasteiger partial charge is 0.206 e. The van der Waals surface area contributed by atoms with Crippen LogP contribution in [0.4, 0.5) is 4.39 Å². The molecule has 2 aromatic carbocycles. The number of hydrogen-bond donors (Lipinski definition) is 0. The van der Waals surface area contributed by atoms with Gasteiger partial charge in [0.05, 0.1) is 0 Å². The van der Waals surface area contributed by atoms with Crippen molar-refractivity contribution < 1.29 is 4.39 Å². The van der Waals surface area contributed by atoms with Gasteiger partial charge in [-0.2, -0.15) is 0 Å². The Labute approximate surface area is 109 Å². The molecule has 0 spiro atoms. The van der Waals surface area contributed by atoms with Gasteiger partial charge in [-0.05, 0) is 40.0 Å². The molecule has 0 saturated carbocycles. The summed E-state index contributed by atoms with van der Waals surface area (Å²) < 4.78 is 14.2. The first kappa shape index (κ1) is 13.1. The summed E-state index contributed by atoms with van der Waals surface area (Å²) in [7, 11) is 0. The van der Waals surface area contributed by atoms with Crippen LogP contribution >= 0.6 is 0 Å². The summed E-state index contributed by atoms with van der Waals surface area (Å²) in [5.41, 5.74) is 2.21. The second-order valence-corrected chi connectivity index (χ2v) is 6.34. The van der Waals surface area contributed by atoms with Crippen molar-refractivity contribution in [2.24, 2.45) is 0 Å². The van der Waals surface area contributed by atoms with E-state index in [0.29, 0.717) is 5.92 Å². The quantitative estimate of drug-likeness (QED) is 0.630. The zero-order valence-corrected chi connectivity index (χ0v) is 11.8. The van der Waals surface area contributed by atoms with Crippen molar-refractivity contribution in [3.63, 3.8) is 0 Å².